The maximum atomic E-state index is 12.8. The van der Waals surface area contributed by atoms with Crippen LogP contribution in [-0.4, -0.2) is 50.1 Å². The van der Waals surface area contributed by atoms with Crippen molar-refractivity contribution in [3.05, 3.63) is 54.1 Å². The van der Waals surface area contributed by atoms with E-state index in [1.807, 2.05) is 36.4 Å². The Morgan fingerprint density at radius 1 is 1.03 bits per heavy atom. The topological polar surface area (TPSA) is 79.9 Å². The predicted octanol–water partition coefficient (Wildman–Crippen LogP) is 3.62. The Bertz CT molecular complexity index is 835. The first-order valence-electron chi connectivity index (χ1n) is 10.6. The monoisotopic (exact) mass is 427 g/mol. The van der Waals surface area contributed by atoms with Crippen molar-refractivity contribution in [3.8, 4) is 11.5 Å². The van der Waals surface area contributed by atoms with Crippen molar-refractivity contribution in [1.29, 1.82) is 0 Å². The summed E-state index contributed by atoms with van der Waals surface area (Å²) >= 11 is 0. The Morgan fingerprint density at radius 2 is 1.71 bits per heavy atom. The molecule has 168 valence electrons. The molecule has 7 nitrogen and oxygen atoms in total. The first-order chi connectivity index (χ1) is 15.0. The summed E-state index contributed by atoms with van der Waals surface area (Å²) in [6.07, 6.45) is 0.0969. The molecule has 1 atom stereocenters. The van der Waals surface area contributed by atoms with Crippen LogP contribution in [0.25, 0.3) is 0 Å². The van der Waals surface area contributed by atoms with Gasteiger partial charge in [-0.15, -0.1) is 0 Å². The van der Waals surface area contributed by atoms with E-state index < -0.39 is 6.04 Å². The van der Waals surface area contributed by atoms with Crippen molar-refractivity contribution in [2.75, 3.05) is 38.7 Å². The number of nitrogens with one attached hydrogen (secondary N) is 2. The Hall–Kier alpha value is -3.06. The van der Waals surface area contributed by atoms with Gasteiger partial charge in [-0.05, 0) is 42.9 Å². The normalized spacial score (nSPS) is 11.6. The number of benzene rings is 2. The SMILES string of the molecule is CCN(CC)CCOc1ccccc1NC(=O)CC(NC(C)=O)c1ccc(OC)cc1. The summed E-state index contributed by atoms with van der Waals surface area (Å²) in [4.78, 5) is 26.7. The highest BCUT2D eigenvalue weighted by Crippen LogP contribution is 2.26. The lowest BCUT2D eigenvalue weighted by Crippen LogP contribution is -2.30. The number of anilines is 1. The average Bonchev–Trinajstić information content (AvgIpc) is 2.77. The van der Waals surface area contributed by atoms with Crippen LogP contribution in [0.2, 0.25) is 0 Å². The molecule has 0 fully saturated rings. The molecule has 7 heteroatoms. The van der Waals surface area contributed by atoms with Gasteiger partial charge in [0.15, 0.2) is 0 Å². The molecule has 0 bridgehead atoms. The molecule has 0 aromatic heterocycles. The van der Waals surface area contributed by atoms with Crippen LogP contribution in [0.1, 0.15) is 38.8 Å². The number of para-hydroxylation sites is 2. The summed E-state index contributed by atoms with van der Waals surface area (Å²) in [5.74, 6) is 0.928. The summed E-state index contributed by atoms with van der Waals surface area (Å²) in [6.45, 7) is 8.96. The fraction of sp³-hybridized carbons (Fsp3) is 0.417. The summed E-state index contributed by atoms with van der Waals surface area (Å²) < 4.78 is 11.1. The molecule has 0 saturated heterocycles. The van der Waals surface area contributed by atoms with E-state index in [0.717, 1.165) is 25.2 Å². The highest BCUT2D eigenvalue weighted by Gasteiger charge is 2.18. The molecule has 0 aliphatic rings. The third-order valence-electron chi connectivity index (χ3n) is 5.01. The molecule has 2 aromatic rings. The number of rotatable bonds is 12. The molecule has 0 radical (unpaired) electrons. The zero-order chi connectivity index (χ0) is 22.6. The van der Waals surface area contributed by atoms with E-state index >= 15 is 0 Å². The summed E-state index contributed by atoms with van der Waals surface area (Å²) in [5, 5.41) is 5.77. The standard InChI is InChI=1S/C24H33N3O4/c1-5-27(6-2)15-16-31-23-10-8-7-9-21(23)26-24(29)17-22(25-18(3)28)19-11-13-20(30-4)14-12-19/h7-14,22H,5-6,15-17H2,1-4H3,(H,25,28)(H,26,29). The van der Waals surface area contributed by atoms with Crippen molar-refractivity contribution in [1.82, 2.24) is 10.2 Å². The molecule has 1 unspecified atom stereocenters. The van der Waals surface area contributed by atoms with E-state index in [-0.39, 0.29) is 18.2 Å². The average molecular weight is 428 g/mol. The third-order valence-corrected chi connectivity index (χ3v) is 5.01. The maximum absolute atomic E-state index is 12.8. The van der Waals surface area contributed by atoms with Crippen LogP contribution < -0.4 is 20.1 Å². The number of carbonyl (C=O) groups excluding carboxylic acids is 2. The molecule has 0 aliphatic carbocycles. The van der Waals surface area contributed by atoms with Gasteiger partial charge >= 0.3 is 0 Å². The van der Waals surface area contributed by atoms with Gasteiger partial charge in [0, 0.05) is 13.5 Å². The Morgan fingerprint density at radius 3 is 2.32 bits per heavy atom. The van der Waals surface area contributed by atoms with Crippen molar-refractivity contribution in [3.63, 3.8) is 0 Å². The van der Waals surface area contributed by atoms with Gasteiger partial charge in [0.1, 0.15) is 18.1 Å². The number of carbonyl (C=O) groups is 2. The quantitative estimate of drug-likeness (QED) is 0.541. The number of likely N-dealkylation sites (N-methyl/N-ethyl adjacent to an activating group) is 1. The van der Waals surface area contributed by atoms with Crippen LogP contribution in [0.5, 0.6) is 11.5 Å². The summed E-state index contributed by atoms with van der Waals surface area (Å²) in [7, 11) is 1.59. The van der Waals surface area contributed by atoms with Gasteiger partial charge < -0.3 is 25.0 Å². The van der Waals surface area contributed by atoms with Gasteiger partial charge in [0.05, 0.1) is 25.3 Å². The van der Waals surface area contributed by atoms with Crippen LogP contribution in [0.3, 0.4) is 0 Å². The molecule has 0 heterocycles. The number of hydrogen-bond donors (Lipinski definition) is 2. The lowest BCUT2D eigenvalue weighted by Gasteiger charge is -2.20. The minimum Gasteiger partial charge on any atom is -0.497 e. The fourth-order valence-corrected chi connectivity index (χ4v) is 3.24. The van der Waals surface area contributed by atoms with Gasteiger partial charge in [-0.3, -0.25) is 9.59 Å². The first kappa shape index (κ1) is 24.2. The van der Waals surface area contributed by atoms with Gasteiger partial charge in [0.25, 0.3) is 0 Å². The number of ether oxygens (including phenoxy) is 2. The molecule has 2 amide bonds. The van der Waals surface area contributed by atoms with Crippen molar-refractivity contribution >= 4 is 17.5 Å². The lowest BCUT2D eigenvalue weighted by atomic mass is 10.0. The summed E-state index contributed by atoms with van der Waals surface area (Å²) in [5.41, 5.74) is 1.44. The highest BCUT2D eigenvalue weighted by atomic mass is 16.5. The first-order valence-corrected chi connectivity index (χ1v) is 10.6. The minimum atomic E-state index is -0.445. The maximum Gasteiger partial charge on any atom is 0.226 e. The minimum absolute atomic E-state index is 0.0969. The van der Waals surface area contributed by atoms with Crippen LogP contribution >= 0.6 is 0 Å². The largest absolute Gasteiger partial charge is 0.497 e. The van der Waals surface area contributed by atoms with Crippen LogP contribution in [-0.2, 0) is 9.59 Å². The highest BCUT2D eigenvalue weighted by molar-refractivity contribution is 5.93. The van der Waals surface area contributed by atoms with E-state index in [0.29, 0.717) is 23.8 Å². The Labute approximate surface area is 184 Å². The number of amides is 2. The van der Waals surface area contributed by atoms with Gasteiger partial charge in [-0.25, -0.2) is 0 Å². The van der Waals surface area contributed by atoms with Gasteiger partial charge in [-0.1, -0.05) is 38.1 Å². The number of hydrogen-bond acceptors (Lipinski definition) is 5. The molecule has 31 heavy (non-hydrogen) atoms. The third kappa shape index (κ3) is 7.94. The molecular weight excluding hydrogens is 394 g/mol. The van der Waals surface area contributed by atoms with Gasteiger partial charge in [0.2, 0.25) is 11.8 Å². The molecule has 2 N–H and O–H groups in total. The summed E-state index contributed by atoms with van der Waals surface area (Å²) in [6, 6.07) is 14.2. The van der Waals surface area contributed by atoms with Gasteiger partial charge in [-0.2, -0.15) is 0 Å². The lowest BCUT2D eigenvalue weighted by molar-refractivity contribution is -0.120. The molecule has 2 rings (SSSR count). The fourth-order valence-electron chi connectivity index (χ4n) is 3.24. The van der Waals surface area contributed by atoms with E-state index in [4.69, 9.17) is 9.47 Å². The number of nitrogens with zero attached hydrogens (tertiary/aromatic N) is 1. The zero-order valence-electron chi connectivity index (χ0n) is 18.8. The zero-order valence-corrected chi connectivity index (χ0v) is 18.8. The molecular formula is C24H33N3O4. The van der Waals surface area contributed by atoms with E-state index in [1.165, 1.54) is 6.92 Å². The molecule has 0 spiro atoms. The van der Waals surface area contributed by atoms with E-state index in [2.05, 4.69) is 29.4 Å². The second kappa shape index (κ2) is 12.6. The van der Waals surface area contributed by atoms with Crippen molar-refractivity contribution in [2.45, 2.75) is 33.2 Å². The van der Waals surface area contributed by atoms with Crippen molar-refractivity contribution < 1.29 is 19.1 Å². The van der Waals surface area contributed by atoms with E-state index in [9.17, 15) is 9.59 Å². The number of methoxy groups -OCH3 is 1. The predicted molar refractivity (Wildman–Crippen MR) is 123 cm³/mol. The van der Waals surface area contributed by atoms with Crippen LogP contribution in [0.4, 0.5) is 5.69 Å². The van der Waals surface area contributed by atoms with Crippen LogP contribution in [0.15, 0.2) is 48.5 Å². The Kier molecular flexibility index (Phi) is 9.84. The van der Waals surface area contributed by atoms with Crippen molar-refractivity contribution in [2.24, 2.45) is 0 Å². The van der Waals surface area contributed by atoms with Crippen LogP contribution in [0, 0.1) is 0 Å². The second-order valence-corrected chi connectivity index (χ2v) is 7.15. The molecule has 0 aliphatic heterocycles. The molecule has 2 aromatic carbocycles. The Balaban J connectivity index is 2.04. The molecule has 0 saturated carbocycles. The second-order valence-electron chi connectivity index (χ2n) is 7.15. The van der Waals surface area contributed by atoms with E-state index in [1.54, 1.807) is 19.2 Å². The smallest absolute Gasteiger partial charge is 0.226 e.